The lowest BCUT2D eigenvalue weighted by Crippen LogP contribution is -2.37. The summed E-state index contributed by atoms with van der Waals surface area (Å²) < 4.78 is 31.9. The van der Waals surface area contributed by atoms with E-state index >= 15 is 0 Å². The number of carbonyl (C=O) groups is 2. The van der Waals surface area contributed by atoms with Gasteiger partial charge in [-0.05, 0) is 39.4 Å². The molecule has 6 heteroatoms. The lowest BCUT2D eigenvalue weighted by atomic mass is 9.84. The van der Waals surface area contributed by atoms with Gasteiger partial charge in [0.15, 0.2) is 0 Å². The third-order valence-corrected chi connectivity index (χ3v) is 4.27. The van der Waals surface area contributed by atoms with E-state index in [1.54, 1.807) is 6.92 Å². The monoisotopic (exact) mass is 325 g/mol. The van der Waals surface area contributed by atoms with E-state index in [2.05, 4.69) is 0 Å². The summed E-state index contributed by atoms with van der Waals surface area (Å²) in [6.45, 7) is 2.54. The number of rotatable bonds is 5. The molecule has 2 rings (SSSR count). The molecule has 1 aromatic carbocycles. The molecule has 1 aliphatic heterocycles. The number of ketones is 1. The van der Waals surface area contributed by atoms with Gasteiger partial charge in [-0.15, -0.1) is 0 Å². The van der Waals surface area contributed by atoms with E-state index in [0.717, 1.165) is 6.07 Å². The molecule has 1 fully saturated rings. The average molecular weight is 325 g/mol. The molecular formula is C17H21F2NO3. The van der Waals surface area contributed by atoms with Crippen LogP contribution in [-0.4, -0.2) is 36.9 Å². The minimum Gasteiger partial charge on any atom is -0.466 e. The van der Waals surface area contributed by atoms with Crippen molar-refractivity contribution in [3.63, 3.8) is 0 Å². The summed E-state index contributed by atoms with van der Waals surface area (Å²) >= 11 is 0. The normalized spacial score (nSPS) is 21.9. The number of Topliss-reactive ketones (excluding diaryl/α,β-unsaturated/α-hetero) is 1. The molecule has 126 valence electrons. The molecule has 23 heavy (non-hydrogen) atoms. The Hall–Kier alpha value is -1.82. The summed E-state index contributed by atoms with van der Waals surface area (Å²) in [5, 5.41) is 0. The Morgan fingerprint density at radius 3 is 2.74 bits per heavy atom. The van der Waals surface area contributed by atoms with Crippen molar-refractivity contribution in [1.29, 1.82) is 0 Å². The summed E-state index contributed by atoms with van der Waals surface area (Å²) in [7, 11) is 1.85. The molecule has 4 nitrogen and oxygen atoms in total. The number of esters is 1. The summed E-state index contributed by atoms with van der Waals surface area (Å²) in [5.74, 6) is -2.25. The van der Waals surface area contributed by atoms with Gasteiger partial charge in [0.05, 0.1) is 6.61 Å². The zero-order valence-electron chi connectivity index (χ0n) is 13.4. The Kier molecular flexibility index (Phi) is 5.82. The molecule has 0 amide bonds. The first-order valence-corrected chi connectivity index (χ1v) is 7.75. The minimum absolute atomic E-state index is 0.177. The van der Waals surface area contributed by atoms with Gasteiger partial charge in [-0.1, -0.05) is 6.07 Å². The Balaban J connectivity index is 2.09. The molecule has 1 aromatic rings. The van der Waals surface area contributed by atoms with Crippen LogP contribution in [0.3, 0.4) is 0 Å². The molecule has 1 aliphatic rings. The zero-order valence-corrected chi connectivity index (χ0v) is 13.4. The van der Waals surface area contributed by atoms with Crippen molar-refractivity contribution in [3.8, 4) is 0 Å². The number of likely N-dealkylation sites (tertiary alicyclic amines) is 1. The highest BCUT2D eigenvalue weighted by Gasteiger charge is 2.33. The first-order chi connectivity index (χ1) is 10.9. The van der Waals surface area contributed by atoms with E-state index in [0.29, 0.717) is 24.9 Å². The van der Waals surface area contributed by atoms with Crippen LogP contribution in [0, 0.1) is 17.6 Å². The number of benzene rings is 1. The van der Waals surface area contributed by atoms with E-state index in [9.17, 15) is 18.4 Å². The number of ether oxygens (including phenoxy) is 1. The van der Waals surface area contributed by atoms with Gasteiger partial charge in [-0.2, -0.15) is 0 Å². The topological polar surface area (TPSA) is 46.6 Å². The van der Waals surface area contributed by atoms with Crippen LogP contribution in [0.15, 0.2) is 18.2 Å². The van der Waals surface area contributed by atoms with Crippen molar-refractivity contribution in [2.75, 3.05) is 20.2 Å². The molecule has 0 unspecified atom stereocenters. The number of nitrogens with zero attached hydrogens (tertiary/aromatic N) is 1. The lowest BCUT2D eigenvalue weighted by molar-refractivity contribution is -0.146. The van der Waals surface area contributed by atoms with Crippen molar-refractivity contribution in [2.24, 2.45) is 5.92 Å². The predicted molar refractivity (Wildman–Crippen MR) is 80.7 cm³/mol. The van der Waals surface area contributed by atoms with E-state index in [1.165, 1.54) is 12.1 Å². The smallest absolute Gasteiger partial charge is 0.313 e. The van der Waals surface area contributed by atoms with Crippen molar-refractivity contribution in [2.45, 2.75) is 32.2 Å². The number of hydrogen-bond donors (Lipinski definition) is 0. The Labute approximate surface area is 134 Å². The molecule has 1 heterocycles. The van der Waals surface area contributed by atoms with Crippen molar-refractivity contribution in [3.05, 3.63) is 35.4 Å². The highest BCUT2D eigenvalue weighted by atomic mass is 19.1. The largest absolute Gasteiger partial charge is 0.466 e. The Morgan fingerprint density at radius 1 is 1.35 bits per heavy atom. The van der Waals surface area contributed by atoms with Gasteiger partial charge in [-0.3, -0.25) is 14.5 Å². The quantitative estimate of drug-likeness (QED) is 0.617. The van der Waals surface area contributed by atoms with Crippen LogP contribution in [0.4, 0.5) is 8.78 Å². The highest BCUT2D eigenvalue weighted by Crippen LogP contribution is 2.35. The van der Waals surface area contributed by atoms with E-state index in [-0.39, 0.29) is 30.8 Å². The second-order valence-corrected chi connectivity index (χ2v) is 5.83. The van der Waals surface area contributed by atoms with Crippen LogP contribution in [0.2, 0.25) is 0 Å². The van der Waals surface area contributed by atoms with Crippen LogP contribution >= 0.6 is 0 Å². The fourth-order valence-electron chi connectivity index (χ4n) is 3.01. The van der Waals surface area contributed by atoms with Gasteiger partial charge in [0.1, 0.15) is 23.8 Å². The molecule has 0 saturated carbocycles. The summed E-state index contributed by atoms with van der Waals surface area (Å²) in [6, 6.07) is 3.19. The molecule has 0 aliphatic carbocycles. The van der Waals surface area contributed by atoms with E-state index in [4.69, 9.17) is 4.74 Å². The van der Waals surface area contributed by atoms with Crippen LogP contribution in [0.5, 0.6) is 0 Å². The second kappa shape index (κ2) is 7.64. The van der Waals surface area contributed by atoms with Gasteiger partial charge in [0.2, 0.25) is 0 Å². The van der Waals surface area contributed by atoms with Gasteiger partial charge in [0.25, 0.3) is 0 Å². The molecule has 0 radical (unpaired) electrons. The second-order valence-electron chi connectivity index (χ2n) is 5.83. The number of halogens is 2. The molecule has 2 atom stereocenters. The standard InChI is InChI=1S/C17H21F2NO3/c1-3-23-17(22)10-16(21)11-6-7-20(2)15(8-11)13-5-4-12(18)9-14(13)19/h4-5,9,11,15H,3,6-8,10H2,1-2H3/t11-,15+/m1/s1. The number of hydrogen-bond acceptors (Lipinski definition) is 4. The molecule has 0 N–H and O–H groups in total. The molecule has 0 aromatic heterocycles. The van der Waals surface area contributed by atoms with Gasteiger partial charge in [0, 0.05) is 23.6 Å². The fraction of sp³-hybridized carbons (Fsp3) is 0.529. The molecule has 0 bridgehead atoms. The van der Waals surface area contributed by atoms with Gasteiger partial charge in [-0.25, -0.2) is 8.78 Å². The van der Waals surface area contributed by atoms with Crippen LogP contribution in [0.25, 0.3) is 0 Å². The SMILES string of the molecule is CCOC(=O)CC(=O)[C@@H]1CCN(C)[C@H](c2ccc(F)cc2F)C1. The van der Waals surface area contributed by atoms with Crippen LogP contribution in [0.1, 0.15) is 37.8 Å². The minimum atomic E-state index is -0.625. The molecule has 1 saturated heterocycles. The maximum atomic E-state index is 14.0. The summed E-state index contributed by atoms with van der Waals surface area (Å²) in [5.41, 5.74) is 0.377. The summed E-state index contributed by atoms with van der Waals surface area (Å²) in [6.07, 6.45) is 0.784. The van der Waals surface area contributed by atoms with E-state index < -0.39 is 17.6 Å². The van der Waals surface area contributed by atoms with Crippen molar-refractivity contribution in [1.82, 2.24) is 4.90 Å². The van der Waals surface area contributed by atoms with E-state index in [1.807, 2.05) is 11.9 Å². The highest BCUT2D eigenvalue weighted by molar-refractivity contribution is 5.96. The van der Waals surface area contributed by atoms with Crippen LogP contribution in [-0.2, 0) is 14.3 Å². The molecular weight excluding hydrogens is 304 g/mol. The van der Waals surface area contributed by atoms with Gasteiger partial charge >= 0.3 is 5.97 Å². The number of carbonyl (C=O) groups excluding carboxylic acids is 2. The predicted octanol–water partition coefficient (Wildman–Crippen LogP) is 2.87. The Bertz CT molecular complexity index is 591. The lowest BCUT2D eigenvalue weighted by Gasteiger charge is -2.37. The van der Waals surface area contributed by atoms with Crippen LogP contribution < -0.4 is 0 Å². The van der Waals surface area contributed by atoms with Crippen molar-refractivity contribution < 1.29 is 23.1 Å². The Morgan fingerprint density at radius 2 is 2.09 bits per heavy atom. The maximum absolute atomic E-state index is 14.0. The first kappa shape index (κ1) is 17.5. The third kappa shape index (κ3) is 4.34. The van der Waals surface area contributed by atoms with Crippen molar-refractivity contribution >= 4 is 11.8 Å². The number of piperidine rings is 1. The molecule has 0 spiro atoms. The average Bonchev–Trinajstić information content (AvgIpc) is 2.48. The third-order valence-electron chi connectivity index (χ3n) is 4.27. The van der Waals surface area contributed by atoms with Gasteiger partial charge < -0.3 is 4.74 Å². The maximum Gasteiger partial charge on any atom is 0.313 e. The first-order valence-electron chi connectivity index (χ1n) is 7.75. The summed E-state index contributed by atoms with van der Waals surface area (Å²) in [4.78, 5) is 25.6. The fourth-order valence-corrected chi connectivity index (χ4v) is 3.01. The zero-order chi connectivity index (χ0) is 17.0.